The molecule has 1 unspecified atom stereocenters. The van der Waals surface area contributed by atoms with Crippen LogP contribution in [0, 0.1) is 6.92 Å². The van der Waals surface area contributed by atoms with Gasteiger partial charge >= 0.3 is 0 Å². The molecular weight excluding hydrogens is 428 g/mol. The van der Waals surface area contributed by atoms with Crippen molar-refractivity contribution in [2.24, 2.45) is 0 Å². The first kappa shape index (κ1) is 22.4. The molecule has 1 fully saturated rings. The summed E-state index contributed by atoms with van der Waals surface area (Å²) in [5.74, 6) is 0.862. The Bertz CT molecular complexity index is 1040. The molecule has 168 valence electrons. The lowest BCUT2D eigenvalue weighted by molar-refractivity contribution is -0.139. The first-order chi connectivity index (χ1) is 15.4. The third kappa shape index (κ3) is 4.97. The maximum absolute atomic E-state index is 13.0. The minimum Gasteiger partial charge on any atom is -0.491 e. The Morgan fingerprint density at radius 2 is 2.03 bits per heavy atom. The van der Waals surface area contributed by atoms with Crippen LogP contribution in [0.25, 0.3) is 0 Å². The third-order valence-corrected chi connectivity index (χ3v) is 6.65. The van der Waals surface area contributed by atoms with E-state index >= 15 is 0 Å². The molecule has 0 saturated carbocycles. The molecule has 0 N–H and O–H groups in total. The van der Waals surface area contributed by atoms with Crippen molar-refractivity contribution in [3.8, 4) is 5.75 Å². The number of Topliss-reactive ketones (excluding diaryl/α,β-unsaturated/α-hetero) is 1. The number of morpholine rings is 1. The average Bonchev–Trinajstić information content (AvgIpc) is 2.79. The van der Waals surface area contributed by atoms with Gasteiger partial charge in [-0.25, -0.2) is 0 Å². The van der Waals surface area contributed by atoms with Crippen LogP contribution in [0.5, 0.6) is 5.75 Å². The zero-order chi connectivity index (χ0) is 22.7. The molecule has 2 amide bonds. The Hall–Kier alpha value is -2.84. The highest BCUT2D eigenvalue weighted by atomic mass is 32.2. The number of hydrogen-bond acceptors (Lipinski definition) is 6. The fraction of sp³-hybridized carbons (Fsp3) is 0.375. The number of thioether (sulfide) groups is 1. The summed E-state index contributed by atoms with van der Waals surface area (Å²) in [5.41, 5.74) is 2.33. The van der Waals surface area contributed by atoms with E-state index in [2.05, 4.69) is 0 Å². The molecule has 8 heteroatoms. The summed E-state index contributed by atoms with van der Waals surface area (Å²) in [4.78, 5) is 41.4. The summed E-state index contributed by atoms with van der Waals surface area (Å²) < 4.78 is 11.6. The van der Waals surface area contributed by atoms with Crippen LogP contribution in [-0.2, 0) is 14.3 Å². The van der Waals surface area contributed by atoms with Gasteiger partial charge in [-0.2, -0.15) is 0 Å². The normalized spacial score (nSPS) is 18.3. The molecule has 2 heterocycles. The zero-order valence-corrected chi connectivity index (χ0v) is 19.0. The van der Waals surface area contributed by atoms with E-state index < -0.39 is 0 Å². The topological polar surface area (TPSA) is 76.2 Å². The summed E-state index contributed by atoms with van der Waals surface area (Å²) in [6.45, 7) is 5.05. The summed E-state index contributed by atoms with van der Waals surface area (Å²) >= 11 is 1.50. The van der Waals surface area contributed by atoms with Gasteiger partial charge in [-0.3, -0.25) is 14.4 Å². The third-order valence-electron chi connectivity index (χ3n) is 5.61. The minimum atomic E-state index is -0.264. The lowest BCUT2D eigenvalue weighted by atomic mass is 10.1. The number of ether oxygens (including phenoxy) is 2. The number of amides is 2. The minimum absolute atomic E-state index is 0.0206. The van der Waals surface area contributed by atoms with E-state index in [1.807, 2.05) is 37.3 Å². The molecule has 0 aliphatic carbocycles. The van der Waals surface area contributed by atoms with Crippen molar-refractivity contribution >= 4 is 35.0 Å². The van der Waals surface area contributed by atoms with Crippen molar-refractivity contribution in [3.05, 3.63) is 53.6 Å². The standard InChI is InChI=1S/C24H26N2O5S/c1-16-11-18(7-8-20(16)17(2)27)31-14-19-12-25(9-10-30-19)23(28)13-26-21-5-3-4-6-22(21)32-15-24(26)29/h3-8,11,19H,9-10,12-15H2,1-2H3. The van der Waals surface area contributed by atoms with Crippen LogP contribution in [0.2, 0.25) is 0 Å². The average molecular weight is 455 g/mol. The fourth-order valence-corrected chi connectivity index (χ4v) is 4.86. The molecule has 1 saturated heterocycles. The Balaban J connectivity index is 1.35. The molecule has 1 atom stereocenters. The zero-order valence-electron chi connectivity index (χ0n) is 18.2. The Morgan fingerprint density at radius 3 is 2.81 bits per heavy atom. The Kier molecular flexibility index (Phi) is 6.81. The second-order valence-electron chi connectivity index (χ2n) is 7.91. The van der Waals surface area contributed by atoms with Gasteiger partial charge in [0.05, 0.1) is 24.6 Å². The second kappa shape index (κ2) is 9.75. The predicted octanol–water partition coefficient (Wildman–Crippen LogP) is 2.94. The van der Waals surface area contributed by atoms with Crippen LogP contribution in [0.4, 0.5) is 5.69 Å². The number of anilines is 1. The predicted molar refractivity (Wildman–Crippen MR) is 123 cm³/mol. The van der Waals surface area contributed by atoms with E-state index in [4.69, 9.17) is 9.47 Å². The molecule has 2 aliphatic rings. The van der Waals surface area contributed by atoms with Crippen LogP contribution in [0.1, 0.15) is 22.8 Å². The van der Waals surface area contributed by atoms with E-state index in [1.54, 1.807) is 28.9 Å². The molecule has 0 radical (unpaired) electrons. The van der Waals surface area contributed by atoms with Crippen LogP contribution in [-0.4, -0.2) is 67.2 Å². The molecule has 0 bridgehead atoms. The summed E-state index contributed by atoms with van der Waals surface area (Å²) in [6.07, 6.45) is -0.264. The molecule has 7 nitrogen and oxygen atoms in total. The summed E-state index contributed by atoms with van der Waals surface area (Å²) in [5, 5.41) is 0. The maximum Gasteiger partial charge on any atom is 0.242 e. The molecule has 2 aliphatic heterocycles. The van der Waals surface area contributed by atoms with E-state index in [-0.39, 0.29) is 30.2 Å². The van der Waals surface area contributed by atoms with E-state index in [0.29, 0.717) is 43.4 Å². The smallest absolute Gasteiger partial charge is 0.242 e. The van der Waals surface area contributed by atoms with Gasteiger partial charge < -0.3 is 19.3 Å². The molecule has 0 spiro atoms. The van der Waals surface area contributed by atoms with Gasteiger partial charge in [0.2, 0.25) is 11.8 Å². The SMILES string of the molecule is CC(=O)c1ccc(OCC2CN(C(=O)CN3C(=O)CSc4ccccc43)CCO2)cc1C. The lowest BCUT2D eigenvalue weighted by Crippen LogP contribution is -2.51. The molecule has 32 heavy (non-hydrogen) atoms. The maximum atomic E-state index is 13.0. The fourth-order valence-electron chi connectivity index (χ4n) is 3.92. The molecule has 2 aromatic rings. The summed E-state index contributed by atoms with van der Waals surface area (Å²) in [6, 6.07) is 13.0. The second-order valence-corrected chi connectivity index (χ2v) is 8.93. The van der Waals surface area contributed by atoms with Crippen molar-refractivity contribution in [2.45, 2.75) is 24.8 Å². The van der Waals surface area contributed by atoms with Crippen molar-refractivity contribution in [1.82, 2.24) is 4.90 Å². The van der Waals surface area contributed by atoms with Crippen molar-refractivity contribution in [1.29, 1.82) is 0 Å². The molecule has 0 aromatic heterocycles. The molecule has 2 aromatic carbocycles. The van der Waals surface area contributed by atoms with Gasteiger partial charge in [0, 0.05) is 17.0 Å². The Morgan fingerprint density at radius 1 is 1.22 bits per heavy atom. The number of carbonyl (C=O) groups is 3. The van der Waals surface area contributed by atoms with Gasteiger partial charge in [0.1, 0.15) is 25.0 Å². The quantitative estimate of drug-likeness (QED) is 0.625. The lowest BCUT2D eigenvalue weighted by Gasteiger charge is -2.35. The number of para-hydroxylation sites is 1. The van der Waals surface area contributed by atoms with Gasteiger partial charge in [-0.1, -0.05) is 12.1 Å². The number of carbonyl (C=O) groups excluding carboxylic acids is 3. The van der Waals surface area contributed by atoms with Crippen molar-refractivity contribution in [2.75, 3.05) is 43.5 Å². The highest BCUT2D eigenvalue weighted by Crippen LogP contribution is 2.34. The molecule has 4 rings (SSSR count). The first-order valence-electron chi connectivity index (χ1n) is 10.6. The van der Waals surface area contributed by atoms with Gasteiger partial charge in [-0.05, 0) is 49.7 Å². The van der Waals surface area contributed by atoms with Crippen LogP contribution in [0.15, 0.2) is 47.4 Å². The van der Waals surface area contributed by atoms with Crippen LogP contribution >= 0.6 is 11.8 Å². The van der Waals surface area contributed by atoms with E-state index in [0.717, 1.165) is 16.1 Å². The molecular formula is C24H26N2O5S. The Labute approximate surface area is 191 Å². The number of fused-ring (bicyclic) bond motifs is 1. The largest absolute Gasteiger partial charge is 0.491 e. The van der Waals surface area contributed by atoms with Gasteiger partial charge in [0.25, 0.3) is 0 Å². The number of hydrogen-bond donors (Lipinski definition) is 0. The van der Waals surface area contributed by atoms with Crippen molar-refractivity contribution in [3.63, 3.8) is 0 Å². The number of ketones is 1. The summed E-state index contributed by atoms with van der Waals surface area (Å²) in [7, 11) is 0. The number of aryl methyl sites for hydroxylation is 1. The highest BCUT2D eigenvalue weighted by molar-refractivity contribution is 8.00. The van der Waals surface area contributed by atoms with E-state index in [9.17, 15) is 14.4 Å². The van der Waals surface area contributed by atoms with Gasteiger partial charge in [0.15, 0.2) is 5.78 Å². The number of nitrogens with zero attached hydrogens (tertiary/aromatic N) is 2. The monoisotopic (exact) mass is 454 g/mol. The van der Waals surface area contributed by atoms with Gasteiger partial charge in [-0.15, -0.1) is 11.8 Å². The highest BCUT2D eigenvalue weighted by Gasteiger charge is 2.30. The van der Waals surface area contributed by atoms with E-state index in [1.165, 1.54) is 11.8 Å². The first-order valence-corrected chi connectivity index (χ1v) is 11.6. The number of benzene rings is 2. The van der Waals surface area contributed by atoms with Crippen LogP contribution < -0.4 is 9.64 Å². The number of rotatable bonds is 6. The van der Waals surface area contributed by atoms with Crippen molar-refractivity contribution < 1.29 is 23.9 Å². The van der Waals surface area contributed by atoms with Crippen LogP contribution in [0.3, 0.4) is 0 Å².